The Morgan fingerprint density at radius 3 is 2.30 bits per heavy atom. The molecule has 0 saturated heterocycles. The smallest absolute Gasteiger partial charge is 0.251 e. The van der Waals surface area contributed by atoms with Gasteiger partial charge in [0, 0.05) is 37.1 Å². The van der Waals surface area contributed by atoms with Crippen LogP contribution in [0.3, 0.4) is 0 Å². The van der Waals surface area contributed by atoms with Crippen molar-refractivity contribution in [3.05, 3.63) is 70.7 Å². The third-order valence-electron chi connectivity index (χ3n) is 3.44. The van der Waals surface area contributed by atoms with Gasteiger partial charge in [-0.15, -0.1) is 0 Å². The summed E-state index contributed by atoms with van der Waals surface area (Å²) in [7, 11) is 0. The predicted octanol–water partition coefficient (Wildman–Crippen LogP) is 3.12. The summed E-state index contributed by atoms with van der Waals surface area (Å²) in [5.41, 5.74) is 1.61. The van der Waals surface area contributed by atoms with Gasteiger partial charge in [0.05, 0.1) is 0 Å². The average molecular weight is 331 g/mol. The van der Waals surface area contributed by atoms with E-state index in [9.17, 15) is 9.59 Å². The zero-order valence-electron chi connectivity index (χ0n) is 13.0. The van der Waals surface area contributed by atoms with Gasteiger partial charge in [-0.3, -0.25) is 9.59 Å². The van der Waals surface area contributed by atoms with Crippen LogP contribution in [0, 0.1) is 0 Å². The lowest BCUT2D eigenvalue weighted by molar-refractivity contribution is -0.129. The Morgan fingerprint density at radius 1 is 1.04 bits per heavy atom. The lowest BCUT2D eigenvalue weighted by Gasteiger charge is -2.21. The van der Waals surface area contributed by atoms with Crippen LogP contribution < -0.4 is 5.32 Å². The van der Waals surface area contributed by atoms with Gasteiger partial charge in [0.1, 0.15) is 0 Å². The van der Waals surface area contributed by atoms with E-state index in [0.29, 0.717) is 30.2 Å². The Balaban J connectivity index is 1.85. The van der Waals surface area contributed by atoms with E-state index in [4.69, 9.17) is 11.6 Å². The highest BCUT2D eigenvalue weighted by Crippen LogP contribution is 2.09. The minimum absolute atomic E-state index is 0.0189. The monoisotopic (exact) mass is 330 g/mol. The quantitative estimate of drug-likeness (QED) is 0.884. The number of halogens is 1. The number of carbonyl (C=O) groups is 2. The Labute approximate surface area is 141 Å². The number of rotatable bonds is 6. The van der Waals surface area contributed by atoms with Gasteiger partial charge < -0.3 is 10.2 Å². The van der Waals surface area contributed by atoms with Crippen molar-refractivity contribution in [3.63, 3.8) is 0 Å². The highest BCUT2D eigenvalue weighted by Gasteiger charge is 2.10. The van der Waals surface area contributed by atoms with E-state index in [1.807, 2.05) is 30.3 Å². The molecule has 0 bridgehead atoms. The number of hydrogen-bond donors (Lipinski definition) is 1. The fourth-order valence-corrected chi connectivity index (χ4v) is 2.29. The molecule has 2 amide bonds. The van der Waals surface area contributed by atoms with Crippen LogP contribution in [0.25, 0.3) is 0 Å². The summed E-state index contributed by atoms with van der Waals surface area (Å²) in [4.78, 5) is 25.4. The zero-order valence-corrected chi connectivity index (χ0v) is 13.7. The van der Waals surface area contributed by atoms with E-state index in [1.54, 1.807) is 29.2 Å². The maximum absolute atomic E-state index is 12.0. The molecule has 23 heavy (non-hydrogen) atoms. The molecule has 1 N–H and O–H groups in total. The van der Waals surface area contributed by atoms with Gasteiger partial charge in [0.25, 0.3) is 5.91 Å². The lowest BCUT2D eigenvalue weighted by Crippen LogP contribution is -2.37. The molecular weight excluding hydrogens is 312 g/mol. The Morgan fingerprint density at radius 2 is 1.70 bits per heavy atom. The zero-order chi connectivity index (χ0) is 16.7. The van der Waals surface area contributed by atoms with Gasteiger partial charge in [-0.2, -0.15) is 0 Å². The highest BCUT2D eigenvalue weighted by atomic mass is 35.5. The van der Waals surface area contributed by atoms with Crippen LogP contribution in [0.1, 0.15) is 22.8 Å². The summed E-state index contributed by atoms with van der Waals surface area (Å²) in [5, 5.41) is 3.40. The van der Waals surface area contributed by atoms with Crippen LogP contribution in [0.5, 0.6) is 0 Å². The van der Waals surface area contributed by atoms with Gasteiger partial charge in [-0.05, 0) is 29.8 Å². The lowest BCUT2D eigenvalue weighted by atomic mass is 10.2. The SMILES string of the molecule is CC(=O)N(CCNC(=O)c1ccc(Cl)cc1)Cc1ccccc1. The fraction of sp³-hybridized carbons (Fsp3) is 0.222. The second-order valence-corrected chi connectivity index (χ2v) is 5.63. The van der Waals surface area contributed by atoms with Crippen molar-refractivity contribution in [2.75, 3.05) is 13.1 Å². The van der Waals surface area contributed by atoms with E-state index < -0.39 is 0 Å². The molecule has 0 spiro atoms. The first-order chi connectivity index (χ1) is 11.1. The summed E-state index contributed by atoms with van der Waals surface area (Å²) in [5.74, 6) is -0.195. The molecule has 0 radical (unpaired) electrons. The third-order valence-corrected chi connectivity index (χ3v) is 3.69. The molecule has 0 aliphatic heterocycles. The topological polar surface area (TPSA) is 49.4 Å². The second-order valence-electron chi connectivity index (χ2n) is 5.19. The van der Waals surface area contributed by atoms with Crippen LogP contribution in [-0.4, -0.2) is 29.8 Å². The van der Waals surface area contributed by atoms with Crippen LogP contribution in [-0.2, 0) is 11.3 Å². The summed E-state index contributed by atoms with van der Waals surface area (Å²) < 4.78 is 0. The average Bonchev–Trinajstić information content (AvgIpc) is 2.55. The molecule has 120 valence electrons. The molecular formula is C18H19ClN2O2. The van der Waals surface area contributed by atoms with Gasteiger partial charge in [0.15, 0.2) is 0 Å². The van der Waals surface area contributed by atoms with Crippen LogP contribution in [0.2, 0.25) is 5.02 Å². The van der Waals surface area contributed by atoms with Crippen molar-refractivity contribution < 1.29 is 9.59 Å². The molecule has 5 heteroatoms. The Hall–Kier alpha value is -2.33. The first-order valence-corrected chi connectivity index (χ1v) is 7.77. The summed E-state index contributed by atoms with van der Waals surface area (Å²) in [6.07, 6.45) is 0. The van der Waals surface area contributed by atoms with E-state index in [0.717, 1.165) is 5.56 Å². The molecule has 0 fully saturated rings. The largest absolute Gasteiger partial charge is 0.350 e. The second kappa shape index (κ2) is 8.34. The molecule has 0 aliphatic carbocycles. The van der Waals surface area contributed by atoms with Gasteiger partial charge in [-0.1, -0.05) is 41.9 Å². The van der Waals surface area contributed by atoms with Crippen LogP contribution >= 0.6 is 11.6 Å². The molecule has 0 heterocycles. The van der Waals surface area contributed by atoms with Crippen molar-refractivity contribution >= 4 is 23.4 Å². The number of carbonyl (C=O) groups excluding carboxylic acids is 2. The number of amides is 2. The van der Waals surface area contributed by atoms with Crippen LogP contribution in [0.15, 0.2) is 54.6 Å². The van der Waals surface area contributed by atoms with Crippen molar-refractivity contribution in [1.82, 2.24) is 10.2 Å². The Bertz CT molecular complexity index is 656. The predicted molar refractivity (Wildman–Crippen MR) is 91.3 cm³/mol. The molecule has 0 atom stereocenters. The minimum Gasteiger partial charge on any atom is -0.350 e. The normalized spacial score (nSPS) is 10.2. The molecule has 2 aromatic rings. The Kier molecular flexibility index (Phi) is 6.18. The van der Waals surface area contributed by atoms with Crippen molar-refractivity contribution in [2.24, 2.45) is 0 Å². The van der Waals surface area contributed by atoms with Crippen LogP contribution in [0.4, 0.5) is 0 Å². The first kappa shape index (κ1) is 17.0. The molecule has 0 aromatic heterocycles. The third kappa shape index (κ3) is 5.42. The maximum Gasteiger partial charge on any atom is 0.251 e. The first-order valence-electron chi connectivity index (χ1n) is 7.39. The van der Waals surface area contributed by atoms with E-state index >= 15 is 0 Å². The molecule has 4 nitrogen and oxygen atoms in total. The van der Waals surface area contributed by atoms with Gasteiger partial charge >= 0.3 is 0 Å². The van der Waals surface area contributed by atoms with E-state index in [1.165, 1.54) is 6.92 Å². The van der Waals surface area contributed by atoms with Crippen molar-refractivity contribution in [2.45, 2.75) is 13.5 Å². The summed E-state index contributed by atoms with van der Waals surface area (Å²) in [6, 6.07) is 16.5. The number of hydrogen-bond acceptors (Lipinski definition) is 2. The molecule has 0 unspecified atom stereocenters. The number of benzene rings is 2. The summed E-state index contributed by atoms with van der Waals surface area (Å²) in [6.45, 7) is 2.92. The van der Waals surface area contributed by atoms with Gasteiger partial charge in [0.2, 0.25) is 5.91 Å². The number of nitrogens with one attached hydrogen (secondary N) is 1. The summed E-state index contributed by atoms with van der Waals surface area (Å²) >= 11 is 5.80. The minimum atomic E-state index is -0.176. The fourth-order valence-electron chi connectivity index (χ4n) is 2.16. The van der Waals surface area contributed by atoms with E-state index in [-0.39, 0.29) is 11.8 Å². The van der Waals surface area contributed by atoms with Crippen molar-refractivity contribution in [1.29, 1.82) is 0 Å². The molecule has 0 saturated carbocycles. The van der Waals surface area contributed by atoms with E-state index in [2.05, 4.69) is 5.32 Å². The van der Waals surface area contributed by atoms with Gasteiger partial charge in [-0.25, -0.2) is 0 Å². The van der Waals surface area contributed by atoms with Crippen molar-refractivity contribution in [3.8, 4) is 0 Å². The number of nitrogens with zero attached hydrogens (tertiary/aromatic N) is 1. The molecule has 2 rings (SSSR count). The molecule has 2 aromatic carbocycles. The standard InChI is InChI=1S/C18H19ClN2O2/c1-14(22)21(13-15-5-3-2-4-6-15)12-11-20-18(23)16-7-9-17(19)10-8-16/h2-10H,11-13H2,1H3,(H,20,23). The highest BCUT2D eigenvalue weighted by molar-refractivity contribution is 6.30. The maximum atomic E-state index is 12.0. The molecule has 0 aliphatic rings.